The van der Waals surface area contributed by atoms with Gasteiger partial charge in [0.05, 0.1) is 7.11 Å². The maximum Gasteiger partial charge on any atom is 0.335 e. The molecule has 0 heterocycles. The van der Waals surface area contributed by atoms with Gasteiger partial charge >= 0.3 is 5.97 Å². The zero-order valence-corrected chi connectivity index (χ0v) is 14.0. The Hall–Kier alpha value is -2.55. The van der Waals surface area contributed by atoms with E-state index in [2.05, 4.69) is 26.0 Å². The third-order valence-corrected chi connectivity index (χ3v) is 3.87. The van der Waals surface area contributed by atoms with E-state index in [9.17, 15) is 4.79 Å². The molecule has 120 valence electrons. The highest BCUT2D eigenvalue weighted by Gasteiger charge is 2.27. The molecule has 23 heavy (non-hydrogen) atoms. The van der Waals surface area contributed by atoms with Crippen LogP contribution in [0.3, 0.4) is 0 Å². The lowest BCUT2D eigenvalue weighted by molar-refractivity contribution is -0.129. The maximum atomic E-state index is 11.9. The summed E-state index contributed by atoms with van der Waals surface area (Å²) in [5, 5.41) is 0. The summed E-state index contributed by atoms with van der Waals surface area (Å²) in [7, 11) is 1.59. The van der Waals surface area contributed by atoms with Crippen molar-refractivity contribution in [3.63, 3.8) is 0 Å². The van der Waals surface area contributed by atoms with Gasteiger partial charge in [0.2, 0.25) is 0 Å². The van der Waals surface area contributed by atoms with Gasteiger partial charge in [-0.1, -0.05) is 56.3 Å². The molecular formula is C20H22O3. The zero-order valence-electron chi connectivity index (χ0n) is 14.0. The quantitative estimate of drug-likeness (QED) is 0.463. The SMILES string of the molecule is CC=CC(=O)Oc1cc(OC)ccc1C(C)(C)c1ccccc1. The standard InChI is InChI=1S/C20H22O3/c1-5-9-19(21)23-18-14-16(22-4)12-13-17(18)20(2,3)15-10-7-6-8-11-15/h5-14H,1-4H3. The number of benzene rings is 2. The number of allylic oxidation sites excluding steroid dienone is 1. The molecule has 0 fully saturated rings. The van der Waals surface area contributed by atoms with Crippen molar-refractivity contribution < 1.29 is 14.3 Å². The molecule has 0 radical (unpaired) electrons. The van der Waals surface area contributed by atoms with Gasteiger partial charge in [0, 0.05) is 23.1 Å². The topological polar surface area (TPSA) is 35.5 Å². The average molecular weight is 310 g/mol. The third-order valence-electron chi connectivity index (χ3n) is 3.87. The lowest BCUT2D eigenvalue weighted by atomic mass is 9.77. The molecule has 2 aromatic carbocycles. The van der Waals surface area contributed by atoms with E-state index in [1.807, 2.05) is 30.3 Å². The van der Waals surface area contributed by atoms with Gasteiger partial charge in [0.1, 0.15) is 11.5 Å². The molecule has 0 N–H and O–H groups in total. The molecule has 3 heteroatoms. The van der Waals surface area contributed by atoms with Gasteiger partial charge in [0.25, 0.3) is 0 Å². The minimum absolute atomic E-state index is 0.306. The summed E-state index contributed by atoms with van der Waals surface area (Å²) < 4.78 is 10.8. The average Bonchev–Trinajstić information content (AvgIpc) is 2.55. The summed E-state index contributed by atoms with van der Waals surface area (Å²) in [5.74, 6) is 0.771. The smallest absolute Gasteiger partial charge is 0.335 e. The van der Waals surface area contributed by atoms with E-state index in [0.29, 0.717) is 11.5 Å². The van der Waals surface area contributed by atoms with Crippen molar-refractivity contribution in [3.05, 3.63) is 71.8 Å². The molecule has 0 saturated carbocycles. The predicted molar refractivity (Wildman–Crippen MR) is 92.0 cm³/mol. The van der Waals surface area contributed by atoms with Crippen LogP contribution < -0.4 is 9.47 Å². The monoisotopic (exact) mass is 310 g/mol. The van der Waals surface area contributed by atoms with Crippen LogP contribution in [0.2, 0.25) is 0 Å². The summed E-state index contributed by atoms with van der Waals surface area (Å²) in [5.41, 5.74) is 1.77. The first-order valence-corrected chi connectivity index (χ1v) is 7.57. The Bertz CT molecular complexity index is 700. The summed E-state index contributed by atoms with van der Waals surface area (Å²) >= 11 is 0. The molecule has 0 aliphatic rings. The number of esters is 1. The lowest BCUT2D eigenvalue weighted by Crippen LogP contribution is -2.21. The van der Waals surface area contributed by atoms with Crippen molar-refractivity contribution in [1.82, 2.24) is 0 Å². The van der Waals surface area contributed by atoms with Crippen molar-refractivity contribution in [2.75, 3.05) is 7.11 Å². The summed E-state index contributed by atoms with van der Waals surface area (Å²) in [6, 6.07) is 15.7. The van der Waals surface area contributed by atoms with Crippen LogP contribution in [0.15, 0.2) is 60.7 Å². The molecule has 0 unspecified atom stereocenters. The number of hydrogen-bond acceptors (Lipinski definition) is 3. The molecule has 2 aromatic rings. The van der Waals surface area contributed by atoms with E-state index in [0.717, 1.165) is 11.1 Å². The first kappa shape index (κ1) is 16.8. The van der Waals surface area contributed by atoms with Gasteiger partial charge in [-0.05, 0) is 18.6 Å². The fourth-order valence-electron chi connectivity index (χ4n) is 2.52. The molecule has 0 bridgehead atoms. The number of carbonyl (C=O) groups excluding carboxylic acids is 1. The minimum atomic E-state index is -0.397. The lowest BCUT2D eigenvalue weighted by Gasteiger charge is -2.28. The number of hydrogen-bond donors (Lipinski definition) is 0. The molecule has 0 saturated heterocycles. The molecule has 0 aliphatic carbocycles. The molecule has 0 aliphatic heterocycles. The van der Waals surface area contributed by atoms with Crippen molar-refractivity contribution in [1.29, 1.82) is 0 Å². The third kappa shape index (κ3) is 3.81. The Kier molecular flexibility index (Phi) is 5.22. The highest BCUT2D eigenvalue weighted by atomic mass is 16.5. The first-order chi connectivity index (χ1) is 11.0. The first-order valence-electron chi connectivity index (χ1n) is 7.57. The van der Waals surface area contributed by atoms with Crippen LogP contribution in [-0.4, -0.2) is 13.1 Å². The molecule has 0 spiro atoms. The van der Waals surface area contributed by atoms with Crippen LogP contribution in [0.5, 0.6) is 11.5 Å². The van der Waals surface area contributed by atoms with Crippen LogP contribution in [0, 0.1) is 0 Å². The van der Waals surface area contributed by atoms with Crippen LogP contribution >= 0.6 is 0 Å². The van der Waals surface area contributed by atoms with Gasteiger partial charge in [0.15, 0.2) is 0 Å². The van der Waals surface area contributed by atoms with E-state index in [4.69, 9.17) is 9.47 Å². The van der Waals surface area contributed by atoms with Gasteiger partial charge < -0.3 is 9.47 Å². The Morgan fingerprint density at radius 1 is 1.09 bits per heavy atom. The Balaban J connectivity index is 2.50. The summed E-state index contributed by atoms with van der Waals surface area (Å²) in [6.45, 7) is 6.00. The van der Waals surface area contributed by atoms with Gasteiger partial charge in [-0.3, -0.25) is 0 Å². The number of ether oxygens (including phenoxy) is 2. The fourth-order valence-corrected chi connectivity index (χ4v) is 2.52. The number of methoxy groups -OCH3 is 1. The summed E-state index contributed by atoms with van der Waals surface area (Å²) in [4.78, 5) is 11.9. The molecule has 0 aromatic heterocycles. The van der Waals surface area contributed by atoms with Gasteiger partial charge in [-0.25, -0.2) is 4.79 Å². The van der Waals surface area contributed by atoms with Crippen LogP contribution in [0.1, 0.15) is 31.9 Å². The van der Waals surface area contributed by atoms with Crippen molar-refractivity contribution in [2.45, 2.75) is 26.2 Å². The second-order valence-corrected chi connectivity index (χ2v) is 5.77. The summed E-state index contributed by atoms with van der Waals surface area (Å²) in [6.07, 6.45) is 3.06. The maximum absolute atomic E-state index is 11.9. The largest absolute Gasteiger partial charge is 0.497 e. The van der Waals surface area contributed by atoms with E-state index in [1.165, 1.54) is 6.08 Å². The van der Waals surface area contributed by atoms with Gasteiger partial charge in [-0.2, -0.15) is 0 Å². The molecule has 0 atom stereocenters. The van der Waals surface area contributed by atoms with E-state index >= 15 is 0 Å². The minimum Gasteiger partial charge on any atom is -0.497 e. The second-order valence-electron chi connectivity index (χ2n) is 5.77. The van der Waals surface area contributed by atoms with Gasteiger partial charge in [-0.15, -0.1) is 0 Å². The second kappa shape index (κ2) is 7.14. The van der Waals surface area contributed by atoms with E-state index in [-0.39, 0.29) is 5.41 Å². The Labute approximate surface area is 137 Å². The van der Waals surface area contributed by atoms with Crippen molar-refractivity contribution >= 4 is 5.97 Å². The fraction of sp³-hybridized carbons (Fsp3) is 0.250. The Morgan fingerprint density at radius 3 is 2.39 bits per heavy atom. The molecular weight excluding hydrogens is 288 g/mol. The molecule has 2 rings (SSSR count). The predicted octanol–water partition coefficient (Wildman–Crippen LogP) is 4.50. The Morgan fingerprint density at radius 2 is 1.78 bits per heavy atom. The number of rotatable bonds is 5. The van der Waals surface area contributed by atoms with E-state index < -0.39 is 5.97 Å². The van der Waals surface area contributed by atoms with E-state index in [1.54, 1.807) is 26.2 Å². The zero-order chi connectivity index (χ0) is 16.9. The van der Waals surface area contributed by atoms with Crippen LogP contribution in [0.25, 0.3) is 0 Å². The highest BCUT2D eigenvalue weighted by Crippen LogP contribution is 2.39. The van der Waals surface area contributed by atoms with Crippen molar-refractivity contribution in [3.8, 4) is 11.5 Å². The molecule has 0 amide bonds. The van der Waals surface area contributed by atoms with Crippen LogP contribution in [-0.2, 0) is 10.2 Å². The van der Waals surface area contributed by atoms with Crippen molar-refractivity contribution in [2.24, 2.45) is 0 Å². The molecule has 3 nitrogen and oxygen atoms in total. The normalized spacial score (nSPS) is 11.5. The highest BCUT2D eigenvalue weighted by molar-refractivity contribution is 5.84. The van der Waals surface area contributed by atoms with Crippen LogP contribution in [0.4, 0.5) is 0 Å². The number of carbonyl (C=O) groups is 1.